The van der Waals surface area contributed by atoms with E-state index in [1.54, 1.807) is 20.1 Å². The van der Waals surface area contributed by atoms with E-state index in [0.29, 0.717) is 5.75 Å². The SMILES string of the molecule is COc1cc(N(CC(=O)N[C@H](C)c2ccccc2OC)S(C)(=O)=O)c(OC)cc1Cl. The summed E-state index contributed by atoms with van der Waals surface area (Å²) in [6, 6.07) is 9.70. The Kier molecular flexibility index (Phi) is 7.80. The van der Waals surface area contributed by atoms with E-state index in [1.165, 1.54) is 26.4 Å². The van der Waals surface area contributed by atoms with E-state index < -0.39 is 28.5 Å². The van der Waals surface area contributed by atoms with Gasteiger partial charge in [0.1, 0.15) is 23.8 Å². The second-order valence-corrected chi connectivity index (χ2v) is 8.77. The third kappa shape index (κ3) is 5.48. The smallest absolute Gasteiger partial charge is 0.241 e. The first-order valence-corrected chi connectivity index (χ1v) is 11.2. The van der Waals surface area contributed by atoms with Crippen LogP contribution in [0.2, 0.25) is 5.02 Å². The number of ether oxygens (including phenoxy) is 3. The van der Waals surface area contributed by atoms with Crippen molar-refractivity contribution >= 4 is 33.2 Å². The minimum Gasteiger partial charge on any atom is -0.496 e. The molecule has 30 heavy (non-hydrogen) atoms. The average Bonchev–Trinajstić information content (AvgIpc) is 2.71. The minimum absolute atomic E-state index is 0.140. The van der Waals surface area contributed by atoms with Gasteiger partial charge in [-0.05, 0) is 13.0 Å². The number of nitrogens with one attached hydrogen (secondary N) is 1. The Morgan fingerprint density at radius 1 is 1.07 bits per heavy atom. The van der Waals surface area contributed by atoms with Crippen molar-refractivity contribution < 1.29 is 27.4 Å². The Bertz CT molecular complexity index is 1010. The molecule has 2 rings (SSSR count). The van der Waals surface area contributed by atoms with Crippen molar-refractivity contribution in [3.8, 4) is 17.2 Å². The monoisotopic (exact) mass is 456 g/mol. The van der Waals surface area contributed by atoms with Crippen LogP contribution in [0.25, 0.3) is 0 Å². The average molecular weight is 457 g/mol. The number of sulfonamides is 1. The predicted molar refractivity (Wildman–Crippen MR) is 116 cm³/mol. The number of amides is 1. The number of hydrogen-bond donors (Lipinski definition) is 1. The van der Waals surface area contributed by atoms with Gasteiger partial charge in [0.15, 0.2) is 0 Å². The summed E-state index contributed by atoms with van der Waals surface area (Å²) < 4.78 is 41.7. The zero-order chi connectivity index (χ0) is 22.5. The maximum absolute atomic E-state index is 12.7. The second-order valence-electron chi connectivity index (χ2n) is 6.46. The Morgan fingerprint density at radius 3 is 2.23 bits per heavy atom. The van der Waals surface area contributed by atoms with Gasteiger partial charge in [0, 0.05) is 17.7 Å². The van der Waals surface area contributed by atoms with Crippen LogP contribution in [0.1, 0.15) is 18.5 Å². The highest BCUT2D eigenvalue weighted by atomic mass is 35.5. The topological polar surface area (TPSA) is 94.2 Å². The molecule has 0 unspecified atom stereocenters. The summed E-state index contributed by atoms with van der Waals surface area (Å²) in [6.07, 6.45) is 1.00. The summed E-state index contributed by atoms with van der Waals surface area (Å²) in [7, 11) is 0.501. The fraction of sp³-hybridized carbons (Fsp3) is 0.350. The lowest BCUT2D eigenvalue weighted by molar-refractivity contribution is -0.120. The lowest BCUT2D eigenvalue weighted by Crippen LogP contribution is -2.41. The van der Waals surface area contributed by atoms with E-state index >= 15 is 0 Å². The van der Waals surface area contributed by atoms with Crippen molar-refractivity contribution in [3.05, 3.63) is 47.0 Å². The first-order valence-electron chi connectivity index (χ1n) is 8.93. The van der Waals surface area contributed by atoms with Gasteiger partial charge in [-0.25, -0.2) is 8.42 Å². The molecule has 1 atom stereocenters. The minimum atomic E-state index is -3.83. The number of nitrogens with zero attached hydrogens (tertiary/aromatic N) is 1. The summed E-state index contributed by atoms with van der Waals surface area (Å²) in [5.74, 6) is 0.560. The van der Waals surface area contributed by atoms with Crippen LogP contribution in [0.15, 0.2) is 36.4 Å². The van der Waals surface area contributed by atoms with Gasteiger partial charge in [0.05, 0.1) is 44.3 Å². The fourth-order valence-electron chi connectivity index (χ4n) is 2.94. The number of rotatable bonds is 9. The molecule has 2 aromatic rings. The van der Waals surface area contributed by atoms with Gasteiger partial charge in [0.25, 0.3) is 0 Å². The molecule has 0 aliphatic heterocycles. The zero-order valence-corrected chi connectivity index (χ0v) is 19.0. The van der Waals surface area contributed by atoms with Gasteiger partial charge in [-0.15, -0.1) is 0 Å². The number of methoxy groups -OCH3 is 3. The van der Waals surface area contributed by atoms with Crippen LogP contribution in [0.5, 0.6) is 17.2 Å². The molecule has 1 amide bonds. The molecule has 0 fully saturated rings. The number of anilines is 1. The first kappa shape index (κ1) is 23.6. The number of carbonyl (C=O) groups excluding carboxylic acids is 1. The Hall–Kier alpha value is -2.65. The van der Waals surface area contributed by atoms with Crippen LogP contribution in [-0.4, -0.2) is 48.5 Å². The molecule has 0 saturated heterocycles. The third-order valence-electron chi connectivity index (χ3n) is 4.39. The number of hydrogen-bond acceptors (Lipinski definition) is 6. The quantitative estimate of drug-likeness (QED) is 0.623. The van der Waals surface area contributed by atoms with Gasteiger partial charge in [-0.2, -0.15) is 0 Å². The van der Waals surface area contributed by atoms with Crippen LogP contribution in [0, 0.1) is 0 Å². The van der Waals surface area contributed by atoms with Crippen molar-refractivity contribution in [1.29, 1.82) is 0 Å². The van der Waals surface area contributed by atoms with Crippen molar-refractivity contribution in [2.24, 2.45) is 0 Å². The highest BCUT2D eigenvalue weighted by Crippen LogP contribution is 2.39. The van der Waals surface area contributed by atoms with Gasteiger partial charge in [-0.1, -0.05) is 29.8 Å². The maximum atomic E-state index is 12.7. The molecule has 8 nitrogen and oxygen atoms in total. The molecule has 0 heterocycles. The van der Waals surface area contributed by atoms with Gasteiger partial charge in [-0.3, -0.25) is 9.10 Å². The maximum Gasteiger partial charge on any atom is 0.241 e. The molecule has 10 heteroatoms. The van der Waals surface area contributed by atoms with E-state index in [-0.39, 0.29) is 22.2 Å². The molecule has 0 spiro atoms. The summed E-state index contributed by atoms with van der Waals surface area (Å²) in [5, 5.41) is 3.05. The Labute approximate surface area is 181 Å². The van der Waals surface area contributed by atoms with Crippen LogP contribution < -0.4 is 23.8 Å². The van der Waals surface area contributed by atoms with Crippen LogP contribution in [-0.2, 0) is 14.8 Å². The van der Waals surface area contributed by atoms with Crippen LogP contribution >= 0.6 is 11.6 Å². The van der Waals surface area contributed by atoms with Crippen molar-refractivity contribution in [3.63, 3.8) is 0 Å². The second kappa shape index (κ2) is 9.90. The number of para-hydroxylation sites is 1. The fourth-order valence-corrected chi connectivity index (χ4v) is 4.02. The number of carbonyl (C=O) groups is 1. The number of halogens is 1. The molecule has 2 aromatic carbocycles. The molecule has 0 aliphatic carbocycles. The van der Waals surface area contributed by atoms with E-state index in [2.05, 4.69) is 5.32 Å². The molecular formula is C20H25ClN2O6S. The molecular weight excluding hydrogens is 432 g/mol. The lowest BCUT2D eigenvalue weighted by atomic mass is 10.1. The Balaban J connectivity index is 2.33. The van der Waals surface area contributed by atoms with E-state index in [9.17, 15) is 13.2 Å². The summed E-state index contributed by atoms with van der Waals surface area (Å²) in [5.41, 5.74) is 0.909. The highest BCUT2D eigenvalue weighted by molar-refractivity contribution is 7.92. The molecule has 164 valence electrons. The number of benzene rings is 2. The van der Waals surface area contributed by atoms with Gasteiger partial charge < -0.3 is 19.5 Å². The molecule has 0 aliphatic rings. The summed E-state index contributed by atoms with van der Waals surface area (Å²) in [6.45, 7) is 1.33. The van der Waals surface area contributed by atoms with Gasteiger partial charge >= 0.3 is 0 Å². The van der Waals surface area contributed by atoms with Gasteiger partial charge in [0.2, 0.25) is 15.9 Å². The van der Waals surface area contributed by atoms with E-state index in [4.69, 9.17) is 25.8 Å². The molecule has 0 bridgehead atoms. The summed E-state index contributed by atoms with van der Waals surface area (Å²) >= 11 is 6.11. The lowest BCUT2D eigenvalue weighted by Gasteiger charge is -2.25. The summed E-state index contributed by atoms with van der Waals surface area (Å²) in [4.78, 5) is 12.7. The largest absolute Gasteiger partial charge is 0.496 e. The van der Waals surface area contributed by atoms with Crippen molar-refractivity contribution in [2.45, 2.75) is 13.0 Å². The third-order valence-corrected chi connectivity index (χ3v) is 5.81. The molecule has 0 radical (unpaired) electrons. The zero-order valence-electron chi connectivity index (χ0n) is 17.4. The van der Waals surface area contributed by atoms with Crippen LogP contribution in [0.4, 0.5) is 5.69 Å². The molecule has 0 aromatic heterocycles. The molecule has 0 saturated carbocycles. The predicted octanol–water partition coefficient (Wildman–Crippen LogP) is 3.01. The van der Waals surface area contributed by atoms with Crippen molar-refractivity contribution in [2.75, 3.05) is 38.4 Å². The van der Waals surface area contributed by atoms with E-state index in [0.717, 1.165) is 16.1 Å². The van der Waals surface area contributed by atoms with Crippen molar-refractivity contribution in [1.82, 2.24) is 5.32 Å². The highest BCUT2D eigenvalue weighted by Gasteiger charge is 2.26. The first-order chi connectivity index (χ1) is 14.1. The normalized spacial score (nSPS) is 12.1. The standard InChI is InChI=1S/C20H25ClN2O6S/c1-13(14-8-6-7-9-17(14)27-2)22-20(24)12-23(30(5,25)26)16-11-18(28-3)15(21)10-19(16)29-4/h6-11,13H,12H2,1-5H3,(H,22,24)/t13-/m1/s1. The van der Waals surface area contributed by atoms with Crippen LogP contribution in [0.3, 0.4) is 0 Å². The Morgan fingerprint density at radius 2 is 1.67 bits per heavy atom. The molecule has 1 N–H and O–H groups in total. The van der Waals surface area contributed by atoms with E-state index in [1.807, 2.05) is 18.2 Å².